The van der Waals surface area contributed by atoms with Gasteiger partial charge in [0.15, 0.2) is 11.1 Å². The third-order valence-corrected chi connectivity index (χ3v) is 6.42. The van der Waals surface area contributed by atoms with Crippen LogP contribution in [0.1, 0.15) is 51.8 Å². The zero-order valence-electron chi connectivity index (χ0n) is 16.8. The quantitative estimate of drug-likeness (QED) is 0.342. The van der Waals surface area contributed by atoms with E-state index in [0.717, 1.165) is 49.4 Å². The lowest BCUT2D eigenvalue weighted by molar-refractivity contribution is 0.151. The van der Waals surface area contributed by atoms with E-state index in [-0.39, 0.29) is 0 Å². The van der Waals surface area contributed by atoms with Gasteiger partial charge in [0.25, 0.3) is 0 Å². The van der Waals surface area contributed by atoms with Gasteiger partial charge in [-0.1, -0.05) is 32.0 Å². The molecule has 0 amide bonds. The minimum atomic E-state index is 0.599. The van der Waals surface area contributed by atoms with E-state index < -0.39 is 0 Å². The third-order valence-electron chi connectivity index (χ3n) is 5.75. The van der Waals surface area contributed by atoms with Gasteiger partial charge in [0, 0.05) is 39.6 Å². The summed E-state index contributed by atoms with van der Waals surface area (Å²) in [6.45, 7) is 8.74. The summed E-state index contributed by atoms with van der Waals surface area (Å²) in [4.78, 5) is 6.96. The molecule has 0 aromatic carbocycles. The van der Waals surface area contributed by atoms with Gasteiger partial charge in [-0.3, -0.25) is 4.99 Å². The van der Waals surface area contributed by atoms with Gasteiger partial charge < -0.3 is 14.8 Å². The number of guanidine groups is 1. The van der Waals surface area contributed by atoms with Crippen molar-refractivity contribution in [3.05, 3.63) is 5.82 Å². The molecule has 2 fully saturated rings. The fourth-order valence-electron chi connectivity index (χ4n) is 4.18. The summed E-state index contributed by atoms with van der Waals surface area (Å²) in [6.07, 6.45) is 9.63. The molecule has 1 aromatic heterocycles. The van der Waals surface area contributed by atoms with Crippen LogP contribution in [0.25, 0.3) is 0 Å². The monoisotopic (exact) mass is 378 g/mol. The van der Waals surface area contributed by atoms with Crippen molar-refractivity contribution in [3.8, 4) is 0 Å². The Labute approximate surface area is 162 Å². The van der Waals surface area contributed by atoms with Crippen molar-refractivity contribution >= 4 is 17.7 Å². The van der Waals surface area contributed by atoms with E-state index in [1.54, 1.807) is 11.8 Å². The maximum Gasteiger partial charge on any atom is 0.193 e. The van der Waals surface area contributed by atoms with Crippen LogP contribution in [0.5, 0.6) is 0 Å². The lowest BCUT2D eigenvalue weighted by Crippen LogP contribution is -2.42. The predicted molar refractivity (Wildman–Crippen MR) is 109 cm³/mol. The number of hydrogen-bond acceptors (Lipinski definition) is 4. The van der Waals surface area contributed by atoms with E-state index in [2.05, 4.69) is 50.1 Å². The van der Waals surface area contributed by atoms with Gasteiger partial charge in [-0.15, -0.1) is 10.2 Å². The van der Waals surface area contributed by atoms with Crippen LogP contribution in [0.15, 0.2) is 10.1 Å². The van der Waals surface area contributed by atoms with Crippen molar-refractivity contribution in [3.63, 3.8) is 0 Å². The predicted octanol–water partition coefficient (Wildman–Crippen LogP) is 3.04. The van der Waals surface area contributed by atoms with Crippen molar-refractivity contribution in [1.82, 2.24) is 25.0 Å². The number of hydrogen-bond donors (Lipinski definition) is 1. The summed E-state index contributed by atoms with van der Waals surface area (Å²) in [7, 11) is 1.90. The smallest absolute Gasteiger partial charge is 0.193 e. The Kier molecular flexibility index (Phi) is 6.48. The van der Waals surface area contributed by atoms with Crippen LogP contribution in [0.4, 0.5) is 0 Å². The lowest BCUT2D eigenvalue weighted by atomic mass is 9.68. The molecule has 1 aliphatic carbocycles. The normalized spacial score (nSPS) is 19.4. The fraction of sp³-hybridized carbons (Fsp3) is 0.842. The Morgan fingerprint density at radius 2 is 2.12 bits per heavy atom. The van der Waals surface area contributed by atoms with Crippen LogP contribution in [0.2, 0.25) is 0 Å². The standard InChI is InChI=1S/C19H34N6S/c1-15(2)13-25-16(22-23-18(25)26-4)7-5-11-21-17(20-3)24-12-10-19(14-24)8-6-9-19/h15H,5-14H2,1-4H3,(H,20,21). The molecule has 146 valence electrons. The van der Waals surface area contributed by atoms with Gasteiger partial charge in [-0.2, -0.15) is 0 Å². The summed E-state index contributed by atoms with van der Waals surface area (Å²) >= 11 is 1.68. The van der Waals surface area contributed by atoms with Gasteiger partial charge >= 0.3 is 0 Å². The highest BCUT2D eigenvalue weighted by atomic mass is 32.2. The number of nitrogens with one attached hydrogen (secondary N) is 1. The van der Waals surface area contributed by atoms with Crippen molar-refractivity contribution in [1.29, 1.82) is 0 Å². The molecule has 1 aliphatic heterocycles. The second-order valence-electron chi connectivity index (χ2n) is 8.21. The number of aromatic nitrogens is 3. The highest BCUT2D eigenvalue weighted by Crippen LogP contribution is 2.47. The molecule has 7 heteroatoms. The summed E-state index contributed by atoms with van der Waals surface area (Å²) in [5, 5.41) is 13.3. The summed E-state index contributed by atoms with van der Waals surface area (Å²) in [6, 6.07) is 0. The molecule has 26 heavy (non-hydrogen) atoms. The first kappa shape index (κ1) is 19.5. The molecular weight excluding hydrogens is 344 g/mol. The number of likely N-dealkylation sites (tertiary alicyclic amines) is 1. The molecule has 6 nitrogen and oxygen atoms in total. The number of thioether (sulfide) groups is 1. The minimum Gasteiger partial charge on any atom is -0.356 e. The van der Waals surface area contributed by atoms with E-state index in [9.17, 15) is 0 Å². The van der Waals surface area contributed by atoms with Gasteiger partial charge in [0.05, 0.1) is 0 Å². The molecule has 1 saturated heterocycles. The second-order valence-corrected chi connectivity index (χ2v) is 8.98. The van der Waals surface area contributed by atoms with Gasteiger partial charge in [-0.05, 0) is 43.3 Å². The number of aliphatic imine (C=N–C) groups is 1. The topological polar surface area (TPSA) is 58.3 Å². The minimum absolute atomic E-state index is 0.599. The van der Waals surface area contributed by atoms with E-state index in [4.69, 9.17) is 0 Å². The van der Waals surface area contributed by atoms with E-state index in [1.165, 1.54) is 32.2 Å². The van der Waals surface area contributed by atoms with Crippen molar-refractivity contribution < 1.29 is 0 Å². The highest BCUT2D eigenvalue weighted by Gasteiger charge is 2.43. The molecule has 2 heterocycles. The Morgan fingerprint density at radius 1 is 1.31 bits per heavy atom. The van der Waals surface area contributed by atoms with E-state index in [1.807, 2.05) is 7.05 Å². The lowest BCUT2D eigenvalue weighted by Gasteiger charge is -2.38. The first-order chi connectivity index (χ1) is 12.6. The van der Waals surface area contributed by atoms with Crippen molar-refractivity contribution in [2.24, 2.45) is 16.3 Å². The molecule has 1 N–H and O–H groups in total. The zero-order valence-corrected chi connectivity index (χ0v) is 17.6. The number of nitrogens with zero attached hydrogens (tertiary/aromatic N) is 5. The SMILES string of the molecule is CN=C(NCCCc1nnc(SC)n1CC(C)C)N1CCC2(CCC2)C1. The number of aryl methyl sites for hydroxylation is 1. The van der Waals surface area contributed by atoms with Gasteiger partial charge in [0.1, 0.15) is 5.82 Å². The molecule has 0 atom stereocenters. The maximum atomic E-state index is 4.51. The van der Waals surface area contributed by atoms with E-state index in [0.29, 0.717) is 11.3 Å². The Bertz CT molecular complexity index is 620. The molecule has 3 rings (SSSR count). The van der Waals surface area contributed by atoms with Crippen LogP contribution in [0.3, 0.4) is 0 Å². The summed E-state index contributed by atoms with van der Waals surface area (Å²) in [5.41, 5.74) is 0.610. The van der Waals surface area contributed by atoms with Gasteiger partial charge in [-0.25, -0.2) is 0 Å². The molecule has 1 spiro atoms. The molecular formula is C19H34N6S. The molecule has 0 unspecified atom stereocenters. The first-order valence-corrected chi connectivity index (χ1v) is 11.2. The Balaban J connectivity index is 1.47. The zero-order chi connectivity index (χ0) is 18.6. The maximum absolute atomic E-state index is 4.51. The van der Waals surface area contributed by atoms with Crippen LogP contribution < -0.4 is 5.32 Å². The molecule has 1 aromatic rings. The molecule has 0 bridgehead atoms. The van der Waals surface area contributed by atoms with E-state index >= 15 is 0 Å². The van der Waals surface area contributed by atoms with Gasteiger partial charge in [0.2, 0.25) is 0 Å². The number of rotatable bonds is 7. The molecule has 2 aliphatic rings. The fourth-order valence-corrected chi connectivity index (χ4v) is 4.71. The highest BCUT2D eigenvalue weighted by molar-refractivity contribution is 7.98. The van der Waals surface area contributed by atoms with Crippen molar-refractivity contribution in [2.45, 2.75) is 64.1 Å². The van der Waals surface area contributed by atoms with Crippen molar-refractivity contribution in [2.75, 3.05) is 32.9 Å². The molecule has 0 radical (unpaired) electrons. The summed E-state index contributed by atoms with van der Waals surface area (Å²) < 4.78 is 2.28. The average molecular weight is 379 g/mol. The molecule has 1 saturated carbocycles. The third kappa shape index (κ3) is 4.35. The first-order valence-electron chi connectivity index (χ1n) is 9.98. The van der Waals surface area contributed by atoms with Crippen LogP contribution in [-0.2, 0) is 13.0 Å². The summed E-state index contributed by atoms with van der Waals surface area (Å²) in [5.74, 6) is 2.78. The Hall–Kier alpha value is -1.24. The Morgan fingerprint density at radius 3 is 2.69 bits per heavy atom. The van der Waals surface area contributed by atoms with Crippen LogP contribution in [-0.4, -0.2) is 58.6 Å². The second kappa shape index (κ2) is 8.63. The van der Waals surface area contributed by atoms with Crippen LogP contribution >= 0.6 is 11.8 Å². The largest absolute Gasteiger partial charge is 0.356 e. The van der Waals surface area contributed by atoms with Crippen LogP contribution in [0, 0.1) is 11.3 Å². The average Bonchev–Trinajstić information content (AvgIpc) is 3.19.